The van der Waals surface area contributed by atoms with Crippen molar-refractivity contribution < 1.29 is 14.1 Å². The van der Waals surface area contributed by atoms with E-state index in [1.54, 1.807) is 0 Å². The maximum Gasteiger partial charge on any atom is 0.495 e. The van der Waals surface area contributed by atoms with E-state index in [-0.39, 0.29) is 17.2 Å². The lowest BCUT2D eigenvalue weighted by atomic mass is 9.76. The zero-order chi connectivity index (χ0) is 18.7. The molecule has 2 unspecified atom stereocenters. The van der Waals surface area contributed by atoms with Crippen molar-refractivity contribution in [2.45, 2.75) is 83.6 Å². The minimum atomic E-state index is -0.416. The van der Waals surface area contributed by atoms with Crippen molar-refractivity contribution in [3.05, 3.63) is 23.8 Å². The average molecular weight is 356 g/mol. The van der Waals surface area contributed by atoms with Gasteiger partial charge in [0, 0.05) is 17.8 Å². The molecule has 140 valence electrons. The van der Waals surface area contributed by atoms with E-state index in [2.05, 4.69) is 33.0 Å². The lowest BCUT2D eigenvalue weighted by Crippen LogP contribution is -2.62. The van der Waals surface area contributed by atoms with Crippen LogP contribution in [0.1, 0.15) is 58.9 Å². The second-order valence-electron chi connectivity index (χ2n) is 8.97. The summed E-state index contributed by atoms with van der Waals surface area (Å²) in [6, 6.07) is 6.85. The largest absolute Gasteiger partial charge is 0.495 e. The van der Waals surface area contributed by atoms with Gasteiger partial charge >= 0.3 is 13.1 Å². The molecule has 5 nitrogen and oxygen atoms in total. The minimum absolute atomic E-state index is 0.0228. The number of hydrogen-bond donors (Lipinski definition) is 1. The van der Waals surface area contributed by atoms with Crippen molar-refractivity contribution >= 4 is 24.3 Å². The SMILES string of the molecule is Cc1ccc(NC(=O)N2C3CCCC2C3)cc1B1OC(C)(C)C(C)(C)O1. The summed E-state index contributed by atoms with van der Waals surface area (Å²) in [5.74, 6) is 0. The van der Waals surface area contributed by atoms with Gasteiger partial charge in [-0.2, -0.15) is 0 Å². The van der Waals surface area contributed by atoms with Gasteiger partial charge in [0.25, 0.3) is 0 Å². The number of rotatable bonds is 2. The highest BCUT2D eigenvalue weighted by Gasteiger charge is 2.52. The van der Waals surface area contributed by atoms with Crippen LogP contribution in [-0.2, 0) is 9.31 Å². The number of aryl methyl sites for hydroxylation is 1. The van der Waals surface area contributed by atoms with E-state index in [0.717, 1.165) is 29.6 Å². The average Bonchev–Trinajstić information content (AvgIpc) is 2.77. The van der Waals surface area contributed by atoms with Crippen molar-refractivity contribution in [3.8, 4) is 0 Å². The molecule has 0 saturated carbocycles. The molecule has 0 radical (unpaired) electrons. The molecule has 0 aliphatic carbocycles. The van der Waals surface area contributed by atoms with Crippen LogP contribution in [0.15, 0.2) is 18.2 Å². The molecule has 1 N–H and O–H groups in total. The number of piperidine rings is 1. The van der Waals surface area contributed by atoms with E-state index in [4.69, 9.17) is 9.31 Å². The van der Waals surface area contributed by atoms with Gasteiger partial charge in [0.15, 0.2) is 0 Å². The molecule has 3 aliphatic heterocycles. The predicted molar refractivity (Wildman–Crippen MR) is 104 cm³/mol. The Morgan fingerprint density at radius 3 is 2.35 bits per heavy atom. The highest BCUT2D eigenvalue weighted by Crippen LogP contribution is 2.39. The molecule has 3 saturated heterocycles. The van der Waals surface area contributed by atoms with Crippen molar-refractivity contribution in [2.24, 2.45) is 0 Å². The fraction of sp³-hybridized carbons (Fsp3) is 0.650. The Morgan fingerprint density at radius 1 is 1.15 bits per heavy atom. The molecule has 1 aromatic carbocycles. The molecular formula is C20H29BN2O3. The molecule has 6 heteroatoms. The van der Waals surface area contributed by atoms with Crippen LogP contribution in [0.4, 0.5) is 10.5 Å². The minimum Gasteiger partial charge on any atom is -0.399 e. The van der Waals surface area contributed by atoms with Crippen LogP contribution in [0.5, 0.6) is 0 Å². The van der Waals surface area contributed by atoms with E-state index in [9.17, 15) is 4.79 Å². The Balaban J connectivity index is 1.51. The highest BCUT2D eigenvalue weighted by molar-refractivity contribution is 6.62. The number of fused-ring (bicyclic) bond motifs is 2. The first-order chi connectivity index (χ1) is 12.2. The molecule has 2 atom stereocenters. The first-order valence-corrected chi connectivity index (χ1v) is 9.73. The molecule has 2 amide bonds. The normalized spacial score (nSPS) is 28.7. The van der Waals surface area contributed by atoms with Gasteiger partial charge in [0.1, 0.15) is 0 Å². The molecule has 2 bridgehead atoms. The van der Waals surface area contributed by atoms with Gasteiger partial charge < -0.3 is 19.5 Å². The van der Waals surface area contributed by atoms with Gasteiger partial charge in [-0.15, -0.1) is 0 Å². The zero-order valence-electron chi connectivity index (χ0n) is 16.5. The van der Waals surface area contributed by atoms with E-state index >= 15 is 0 Å². The first-order valence-electron chi connectivity index (χ1n) is 9.73. The van der Waals surface area contributed by atoms with Crippen molar-refractivity contribution in [2.75, 3.05) is 5.32 Å². The fourth-order valence-electron chi connectivity index (χ4n) is 4.27. The van der Waals surface area contributed by atoms with Crippen molar-refractivity contribution in [1.82, 2.24) is 4.90 Å². The monoisotopic (exact) mass is 356 g/mol. The number of benzene rings is 1. The molecule has 3 aliphatic rings. The molecule has 26 heavy (non-hydrogen) atoms. The molecule has 3 heterocycles. The third-order valence-electron chi connectivity index (χ3n) is 6.68. The zero-order valence-corrected chi connectivity index (χ0v) is 16.5. The van der Waals surface area contributed by atoms with Crippen LogP contribution < -0.4 is 10.8 Å². The van der Waals surface area contributed by atoms with Gasteiger partial charge in [-0.05, 0) is 77.9 Å². The standard InChI is InChI=1S/C20H29BN2O3/c1-13-9-10-14(22-18(24)23-15-7-6-8-16(23)12-15)11-17(13)21-25-19(2,3)20(4,5)26-21/h9-11,15-16H,6-8,12H2,1-5H3,(H,22,24). The molecule has 0 spiro atoms. The number of carbonyl (C=O) groups is 1. The van der Waals surface area contributed by atoms with Gasteiger partial charge in [-0.3, -0.25) is 0 Å². The topological polar surface area (TPSA) is 50.8 Å². The first kappa shape index (κ1) is 17.9. The summed E-state index contributed by atoms with van der Waals surface area (Å²) in [6.07, 6.45) is 4.68. The van der Waals surface area contributed by atoms with E-state index in [1.165, 1.54) is 12.8 Å². The van der Waals surface area contributed by atoms with Crippen LogP contribution in [0.25, 0.3) is 0 Å². The maximum absolute atomic E-state index is 12.7. The Kier molecular flexibility index (Phi) is 4.12. The van der Waals surface area contributed by atoms with Crippen LogP contribution in [-0.4, -0.2) is 41.3 Å². The van der Waals surface area contributed by atoms with Crippen LogP contribution >= 0.6 is 0 Å². The number of amides is 2. The number of hydrogen-bond acceptors (Lipinski definition) is 3. The number of anilines is 1. The second-order valence-corrected chi connectivity index (χ2v) is 8.97. The molecule has 0 aromatic heterocycles. The number of carbonyl (C=O) groups excluding carboxylic acids is 1. The third kappa shape index (κ3) is 2.83. The van der Waals surface area contributed by atoms with Gasteiger partial charge in [-0.1, -0.05) is 11.6 Å². The van der Waals surface area contributed by atoms with Crippen LogP contribution in [0, 0.1) is 6.92 Å². The van der Waals surface area contributed by atoms with E-state index in [0.29, 0.717) is 12.1 Å². The summed E-state index contributed by atoms with van der Waals surface area (Å²) in [7, 11) is -0.416. The highest BCUT2D eigenvalue weighted by atomic mass is 16.7. The summed E-state index contributed by atoms with van der Waals surface area (Å²) in [4.78, 5) is 14.7. The quantitative estimate of drug-likeness (QED) is 0.826. The molecule has 1 aromatic rings. The lowest BCUT2D eigenvalue weighted by Gasteiger charge is -2.52. The smallest absolute Gasteiger partial charge is 0.399 e. The second kappa shape index (κ2) is 5.99. The third-order valence-corrected chi connectivity index (χ3v) is 6.68. The van der Waals surface area contributed by atoms with E-state index < -0.39 is 7.12 Å². The summed E-state index contributed by atoms with van der Waals surface area (Å²) < 4.78 is 12.4. The maximum atomic E-state index is 12.7. The van der Waals surface area contributed by atoms with Gasteiger partial charge in [-0.25, -0.2) is 4.79 Å². The summed E-state index contributed by atoms with van der Waals surface area (Å²) in [5, 5.41) is 3.08. The van der Waals surface area contributed by atoms with E-state index in [1.807, 2.05) is 30.0 Å². The summed E-state index contributed by atoms with van der Waals surface area (Å²) in [6.45, 7) is 10.3. The predicted octanol–water partition coefficient (Wildman–Crippen LogP) is 3.45. The Hall–Kier alpha value is -1.53. The number of nitrogens with zero attached hydrogens (tertiary/aromatic N) is 1. The summed E-state index contributed by atoms with van der Waals surface area (Å²) in [5.41, 5.74) is 2.12. The number of urea groups is 1. The van der Waals surface area contributed by atoms with Crippen molar-refractivity contribution in [1.29, 1.82) is 0 Å². The van der Waals surface area contributed by atoms with Crippen molar-refractivity contribution in [3.63, 3.8) is 0 Å². The van der Waals surface area contributed by atoms with Gasteiger partial charge in [0.05, 0.1) is 11.2 Å². The lowest BCUT2D eigenvalue weighted by molar-refractivity contribution is 0.00578. The van der Waals surface area contributed by atoms with Crippen LogP contribution in [0.2, 0.25) is 0 Å². The molecule has 3 fully saturated rings. The fourth-order valence-corrected chi connectivity index (χ4v) is 4.27. The Labute approximate surface area is 156 Å². The number of nitrogens with one attached hydrogen (secondary N) is 1. The molecular weight excluding hydrogens is 327 g/mol. The molecule has 4 rings (SSSR count). The van der Waals surface area contributed by atoms with Crippen LogP contribution in [0.3, 0.4) is 0 Å². The Morgan fingerprint density at radius 2 is 1.77 bits per heavy atom. The Bertz CT molecular complexity index is 704. The summed E-state index contributed by atoms with van der Waals surface area (Å²) >= 11 is 0. The van der Waals surface area contributed by atoms with Gasteiger partial charge in [0.2, 0.25) is 0 Å².